The maximum atomic E-state index is 12.2. The molecule has 0 bridgehead atoms. The van der Waals surface area contributed by atoms with Gasteiger partial charge < -0.3 is 14.4 Å². The molecule has 0 aliphatic carbocycles. The van der Waals surface area contributed by atoms with Crippen LogP contribution in [-0.2, 0) is 4.74 Å². The molecule has 0 aromatic heterocycles. The smallest absolute Gasteiger partial charge is 0.254 e. The number of hydrogen-bond donors (Lipinski definition) is 0. The van der Waals surface area contributed by atoms with Gasteiger partial charge in [-0.25, -0.2) is 0 Å². The third kappa shape index (κ3) is 3.96. The van der Waals surface area contributed by atoms with Crippen LogP contribution in [0.3, 0.4) is 0 Å². The quantitative estimate of drug-likeness (QED) is 0.824. The summed E-state index contributed by atoms with van der Waals surface area (Å²) >= 11 is 0. The van der Waals surface area contributed by atoms with Gasteiger partial charge in [0.2, 0.25) is 0 Å². The van der Waals surface area contributed by atoms with E-state index in [1.807, 2.05) is 37.8 Å². The first-order chi connectivity index (χ1) is 9.22. The number of benzene rings is 1. The van der Waals surface area contributed by atoms with Crippen LogP contribution < -0.4 is 4.74 Å². The van der Waals surface area contributed by atoms with Crippen LogP contribution in [0.2, 0.25) is 0 Å². The van der Waals surface area contributed by atoms with Gasteiger partial charge in [0.25, 0.3) is 5.91 Å². The summed E-state index contributed by atoms with van der Waals surface area (Å²) in [4.78, 5) is 14.0. The van der Waals surface area contributed by atoms with E-state index in [1.165, 1.54) is 0 Å². The lowest BCUT2D eigenvalue weighted by Crippen LogP contribution is -2.40. The minimum absolute atomic E-state index is 0.0478. The third-order valence-corrected chi connectivity index (χ3v) is 2.95. The fraction of sp³-hybridized carbons (Fsp3) is 0.533. The summed E-state index contributed by atoms with van der Waals surface area (Å²) in [5.41, 5.74) is 1.71. The van der Waals surface area contributed by atoms with Crippen molar-refractivity contribution in [3.8, 4) is 5.75 Å². The van der Waals surface area contributed by atoms with Crippen molar-refractivity contribution in [2.24, 2.45) is 0 Å². The molecule has 0 radical (unpaired) electrons. The Bertz CT molecular complexity index is 412. The molecule has 1 aromatic carbocycles. The Balaban J connectivity index is 0.000000861. The molecule has 0 unspecified atom stereocenters. The molecular formula is C15H23NO3. The molecule has 1 aliphatic heterocycles. The Labute approximate surface area is 115 Å². The number of ether oxygens (including phenoxy) is 2. The maximum Gasteiger partial charge on any atom is 0.254 e. The SMILES string of the molecule is CC.COc1cc(C(=O)N2CCOCC2)ccc1C. The van der Waals surface area contributed by atoms with Gasteiger partial charge in [0.05, 0.1) is 20.3 Å². The van der Waals surface area contributed by atoms with Crippen molar-refractivity contribution in [1.82, 2.24) is 4.90 Å². The summed E-state index contributed by atoms with van der Waals surface area (Å²) in [6.07, 6.45) is 0. The molecule has 1 aliphatic rings. The molecule has 0 atom stereocenters. The van der Waals surface area contributed by atoms with E-state index < -0.39 is 0 Å². The molecular weight excluding hydrogens is 242 g/mol. The average Bonchev–Trinajstić information content (AvgIpc) is 2.50. The molecule has 2 rings (SSSR count). The van der Waals surface area contributed by atoms with E-state index in [1.54, 1.807) is 13.2 Å². The Kier molecular flexibility index (Phi) is 6.36. The van der Waals surface area contributed by atoms with Gasteiger partial charge in [0, 0.05) is 18.7 Å². The number of carbonyl (C=O) groups is 1. The number of carbonyl (C=O) groups excluding carboxylic acids is 1. The van der Waals surface area contributed by atoms with Gasteiger partial charge in [-0.05, 0) is 24.6 Å². The third-order valence-electron chi connectivity index (χ3n) is 2.95. The summed E-state index contributed by atoms with van der Waals surface area (Å²) in [5, 5.41) is 0. The number of methoxy groups -OCH3 is 1. The Morgan fingerprint density at radius 2 is 1.89 bits per heavy atom. The molecule has 106 valence electrons. The average molecular weight is 265 g/mol. The lowest BCUT2D eigenvalue weighted by molar-refractivity contribution is 0.0302. The second kappa shape index (κ2) is 7.79. The van der Waals surface area contributed by atoms with Crippen molar-refractivity contribution < 1.29 is 14.3 Å². The van der Waals surface area contributed by atoms with Crippen LogP contribution in [0.5, 0.6) is 5.75 Å². The molecule has 1 heterocycles. The van der Waals surface area contributed by atoms with Gasteiger partial charge in [0.1, 0.15) is 5.75 Å². The lowest BCUT2D eigenvalue weighted by atomic mass is 10.1. The minimum atomic E-state index is 0.0478. The maximum absolute atomic E-state index is 12.2. The van der Waals surface area contributed by atoms with Gasteiger partial charge in [-0.1, -0.05) is 19.9 Å². The van der Waals surface area contributed by atoms with Crippen molar-refractivity contribution in [2.45, 2.75) is 20.8 Å². The molecule has 0 saturated carbocycles. The molecule has 4 nitrogen and oxygen atoms in total. The first kappa shape index (κ1) is 15.5. The summed E-state index contributed by atoms with van der Waals surface area (Å²) < 4.78 is 10.5. The Morgan fingerprint density at radius 3 is 2.47 bits per heavy atom. The van der Waals surface area contributed by atoms with Crippen LogP contribution in [-0.4, -0.2) is 44.2 Å². The van der Waals surface area contributed by atoms with E-state index in [9.17, 15) is 4.79 Å². The monoisotopic (exact) mass is 265 g/mol. The first-order valence-electron chi connectivity index (χ1n) is 6.74. The zero-order valence-electron chi connectivity index (χ0n) is 12.2. The molecule has 0 N–H and O–H groups in total. The highest BCUT2D eigenvalue weighted by atomic mass is 16.5. The van der Waals surface area contributed by atoms with Crippen LogP contribution in [0.25, 0.3) is 0 Å². The summed E-state index contributed by atoms with van der Waals surface area (Å²) in [6, 6.07) is 5.55. The first-order valence-corrected chi connectivity index (χ1v) is 6.74. The van der Waals surface area contributed by atoms with Gasteiger partial charge in [-0.2, -0.15) is 0 Å². The molecule has 4 heteroatoms. The van der Waals surface area contributed by atoms with E-state index in [0.717, 1.165) is 11.3 Å². The Hall–Kier alpha value is -1.55. The molecule has 0 spiro atoms. The predicted molar refractivity (Wildman–Crippen MR) is 75.8 cm³/mol. The van der Waals surface area contributed by atoms with Crippen LogP contribution in [0.1, 0.15) is 29.8 Å². The highest BCUT2D eigenvalue weighted by molar-refractivity contribution is 5.94. The van der Waals surface area contributed by atoms with Gasteiger partial charge in [-0.3, -0.25) is 4.79 Å². The number of amides is 1. The van der Waals surface area contributed by atoms with Gasteiger partial charge in [0.15, 0.2) is 0 Å². The fourth-order valence-corrected chi connectivity index (χ4v) is 1.90. The second-order valence-electron chi connectivity index (χ2n) is 4.09. The van der Waals surface area contributed by atoms with Crippen LogP contribution in [0, 0.1) is 6.92 Å². The number of nitrogens with zero attached hydrogens (tertiary/aromatic N) is 1. The number of aryl methyl sites for hydroxylation is 1. The van der Waals surface area contributed by atoms with Crippen molar-refractivity contribution in [2.75, 3.05) is 33.4 Å². The zero-order valence-corrected chi connectivity index (χ0v) is 12.2. The predicted octanol–water partition coefficient (Wildman–Crippen LogP) is 2.50. The van der Waals surface area contributed by atoms with Crippen molar-refractivity contribution in [1.29, 1.82) is 0 Å². The minimum Gasteiger partial charge on any atom is -0.496 e. The highest BCUT2D eigenvalue weighted by Crippen LogP contribution is 2.20. The highest BCUT2D eigenvalue weighted by Gasteiger charge is 2.19. The van der Waals surface area contributed by atoms with E-state index in [0.29, 0.717) is 31.9 Å². The van der Waals surface area contributed by atoms with Crippen LogP contribution >= 0.6 is 0 Å². The van der Waals surface area contributed by atoms with Gasteiger partial charge in [-0.15, -0.1) is 0 Å². The van der Waals surface area contributed by atoms with E-state index in [2.05, 4.69) is 0 Å². The van der Waals surface area contributed by atoms with E-state index in [4.69, 9.17) is 9.47 Å². The number of rotatable bonds is 2. The van der Waals surface area contributed by atoms with E-state index in [-0.39, 0.29) is 5.91 Å². The zero-order chi connectivity index (χ0) is 14.3. The molecule has 1 aromatic rings. The fourth-order valence-electron chi connectivity index (χ4n) is 1.90. The van der Waals surface area contributed by atoms with Crippen LogP contribution in [0.15, 0.2) is 18.2 Å². The van der Waals surface area contributed by atoms with E-state index >= 15 is 0 Å². The summed E-state index contributed by atoms with van der Waals surface area (Å²) in [6.45, 7) is 8.52. The standard InChI is InChI=1S/C13H17NO3.C2H6/c1-10-3-4-11(9-12(10)16-2)13(15)14-5-7-17-8-6-14;1-2/h3-4,9H,5-8H2,1-2H3;1-2H3. The van der Waals surface area contributed by atoms with Crippen molar-refractivity contribution in [3.63, 3.8) is 0 Å². The normalized spacial score (nSPS) is 14.4. The molecule has 1 amide bonds. The molecule has 1 fully saturated rings. The van der Waals surface area contributed by atoms with Crippen molar-refractivity contribution >= 4 is 5.91 Å². The Morgan fingerprint density at radius 1 is 1.26 bits per heavy atom. The number of morpholine rings is 1. The largest absolute Gasteiger partial charge is 0.496 e. The molecule has 19 heavy (non-hydrogen) atoms. The number of hydrogen-bond acceptors (Lipinski definition) is 3. The van der Waals surface area contributed by atoms with Crippen molar-refractivity contribution in [3.05, 3.63) is 29.3 Å². The molecule has 1 saturated heterocycles. The topological polar surface area (TPSA) is 38.8 Å². The second-order valence-corrected chi connectivity index (χ2v) is 4.09. The lowest BCUT2D eigenvalue weighted by Gasteiger charge is -2.27. The van der Waals surface area contributed by atoms with Gasteiger partial charge >= 0.3 is 0 Å². The van der Waals surface area contributed by atoms with Crippen LogP contribution in [0.4, 0.5) is 0 Å². The summed E-state index contributed by atoms with van der Waals surface area (Å²) in [5.74, 6) is 0.802. The summed E-state index contributed by atoms with van der Waals surface area (Å²) in [7, 11) is 1.62.